The van der Waals surface area contributed by atoms with Crippen LogP contribution in [-0.2, 0) is 4.79 Å². The molecule has 4 aromatic rings. The second kappa shape index (κ2) is 9.55. The maximum atomic E-state index is 12.8. The van der Waals surface area contributed by atoms with Gasteiger partial charge in [0.1, 0.15) is 11.6 Å². The molecule has 0 bridgehead atoms. The zero-order valence-electron chi connectivity index (χ0n) is 18.4. The molecule has 2 heterocycles. The van der Waals surface area contributed by atoms with E-state index in [1.54, 1.807) is 11.8 Å². The van der Waals surface area contributed by atoms with E-state index in [0.717, 1.165) is 40.2 Å². The molecule has 166 valence electrons. The molecule has 0 saturated carbocycles. The van der Waals surface area contributed by atoms with Gasteiger partial charge < -0.3 is 10.1 Å². The average molecular weight is 456 g/mol. The van der Waals surface area contributed by atoms with Crippen molar-refractivity contribution < 1.29 is 9.53 Å². The lowest BCUT2D eigenvalue weighted by molar-refractivity contribution is -0.113. The van der Waals surface area contributed by atoms with Crippen molar-refractivity contribution in [1.82, 2.24) is 9.78 Å². The van der Waals surface area contributed by atoms with Crippen LogP contribution in [0.25, 0.3) is 16.9 Å². The monoisotopic (exact) mass is 455 g/mol. The van der Waals surface area contributed by atoms with Gasteiger partial charge in [-0.1, -0.05) is 73.7 Å². The fourth-order valence-electron chi connectivity index (χ4n) is 4.06. The van der Waals surface area contributed by atoms with Crippen molar-refractivity contribution in [3.63, 3.8) is 0 Å². The summed E-state index contributed by atoms with van der Waals surface area (Å²) in [6.45, 7) is 2.74. The number of thioether (sulfide) groups is 1. The highest BCUT2D eigenvalue weighted by Gasteiger charge is 2.33. The summed E-state index contributed by atoms with van der Waals surface area (Å²) in [4.78, 5) is 12.8. The Balaban J connectivity index is 1.76. The summed E-state index contributed by atoms with van der Waals surface area (Å²) in [6, 6.07) is 28.2. The number of nitrogens with one attached hydrogen (secondary N) is 1. The minimum Gasteiger partial charge on any atom is -0.493 e. The van der Waals surface area contributed by atoms with E-state index in [2.05, 4.69) is 30.4 Å². The molecule has 0 fully saturated rings. The van der Waals surface area contributed by atoms with Gasteiger partial charge in [-0.25, -0.2) is 4.68 Å². The van der Waals surface area contributed by atoms with Crippen LogP contribution < -0.4 is 10.1 Å². The number of amides is 1. The van der Waals surface area contributed by atoms with Gasteiger partial charge in [0.15, 0.2) is 0 Å². The quantitative estimate of drug-likeness (QED) is 0.381. The molecule has 5 rings (SSSR count). The number of nitrogens with zero attached hydrogens (tertiary/aromatic N) is 2. The smallest absolute Gasteiger partial charge is 0.235 e. The second-order valence-electron chi connectivity index (χ2n) is 7.85. The first-order valence-electron chi connectivity index (χ1n) is 11.1. The predicted octanol–water partition coefficient (Wildman–Crippen LogP) is 6.10. The lowest BCUT2D eigenvalue weighted by Gasteiger charge is -2.20. The molecule has 0 saturated heterocycles. The maximum absolute atomic E-state index is 12.8. The summed E-state index contributed by atoms with van der Waals surface area (Å²) >= 11 is 1.61. The second-order valence-corrected chi connectivity index (χ2v) is 8.94. The third-order valence-electron chi connectivity index (χ3n) is 5.53. The first kappa shape index (κ1) is 21.3. The van der Waals surface area contributed by atoms with E-state index in [0.29, 0.717) is 18.2 Å². The standard InChI is InChI=1S/C27H25N3O2S/c1-2-17-32-22-16-10-9-15-21(22)26-24-25(19-11-5-3-6-12-19)29-30(20-13-7-4-8-14-20)27(24)28-23(31)18-33-26/h3-16,26H,2,17-18H2,1H3,(H,28,31)/t26-/m1/s1. The Morgan fingerprint density at radius 1 is 1.00 bits per heavy atom. The third kappa shape index (κ3) is 4.26. The Morgan fingerprint density at radius 3 is 2.45 bits per heavy atom. The highest BCUT2D eigenvalue weighted by Crippen LogP contribution is 2.48. The van der Waals surface area contributed by atoms with E-state index < -0.39 is 0 Å². The van der Waals surface area contributed by atoms with Crippen molar-refractivity contribution in [2.45, 2.75) is 18.6 Å². The molecular weight excluding hydrogens is 430 g/mol. The number of hydrogen-bond acceptors (Lipinski definition) is 4. The summed E-state index contributed by atoms with van der Waals surface area (Å²) in [6.07, 6.45) is 0.929. The Hall–Kier alpha value is -3.51. The number of benzene rings is 3. The minimum atomic E-state index is -0.111. The van der Waals surface area contributed by atoms with Crippen LogP contribution in [-0.4, -0.2) is 28.0 Å². The normalized spacial score (nSPS) is 15.4. The summed E-state index contributed by atoms with van der Waals surface area (Å²) in [5, 5.41) is 8.05. The average Bonchev–Trinajstić information content (AvgIpc) is 3.14. The molecule has 0 spiro atoms. The lowest BCUT2D eigenvalue weighted by atomic mass is 9.99. The number of rotatable bonds is 6. The fraction of sp³-hybridized carbons (Fsp3) is 0.185. The Labute approximate surface area is 197 Å². The van der Waals surface area contributed by atoms with Crippen LogP contribution in [0.1, 0.15) is 29.7 Å². The minimum absolute atomic E-state index is 0.0348. The maximum Gasteiger partial charge on any atom is 0.235 e. The van der Waals surface area contributed by atoms with Gasteiger partial charge in [0.2, 0.25) is 5.91 Å². The summed E-state index contributed by atoms with van der Waals surface area (Å²) in [5.41, 5.74) is 4.82. The molecule has 1 aromatic heterocycles. The lowest BCUT2D eigenvalue weighted by Crippen LogP contribution is -2.15. The van der Waals surface area contributed by atoms with E-state index >= 15 is 0 Å². The summed E-state index contributed by atoms with van der Waals surface area (Å²) in [7, 11) is 0. The van der Waals surface area contributed by atoms with Crippen LogP contribution in [0.3, 0.4) is 0 Å². The summed E-state index contributed by atoms with van der Waals surface area (Å²) < 4.78 is 7.96. The first-order valence-corrected chi connectivity index (χ1v) is 12.2. The molecule has 0 unspecified atom stereocenters. The molecule has 5 nitrogen and oxygen atoms in total. The van der Waals surface area contributed by atoms with Crippen LogP contribution in [0.15, 0.2) is 84.9 Å². The molecule has 1 atom stereocenters. The van der Waals surface area contributed by atoms with Crippen LogP contribution in [0.5, 0.6) is 5.75 Å². The van der Waals surface area contributed by atoms with Crippen molar-refractivity contribution in [3.8, 4) is 22.7 Å². The number of carbonyl (C=O) groups is 1. The third-order valence-corrected chi connectivity index (χ3v) is 6.79. The molecule has 33 heavy (non-hydrogen) atoms. The molecule has 1 aliphatic rings. The van der Waals surface area contributed by atoms with Gasteiger partial charge in [-0.3, -0.25) is 4.79 Å². The molecule has 1 N–H and O–H groups in total. The van der Waals surface area contributed by atoms with Crippen molar-refractivity contribution in [3.05, 3.63) is 96.1 Å². The van der Waals surface area contributed by atoms with Crippen molar-refractivity contribution >= 4 is 23.5 Å². The van der Waals surface area contributed by atoms with Gasteiger partial charge >= 0.3 is 0 Å². The molecule has 1 amide bonds. The van der Waals surface area contributed by atoms with E-state index in [9.17, 15) is 4.79 Å². The van der Waals surface area contributed by atoms with Crippen molar-refractivity contribution in [2.24, 2.45) is 0 Å². The zero-order valence-corrected chi connectivity index (χ0v) is 19.2. The van der Waals surface area contributed by atoms with E-state index in [4.69, 9.17) is 9.84 Å². The topological polar surface area (TPSA) is 56.1 Å². The van der Waals surface area contributed by atoms with Gasteiger partial charge in [-0.15, -0.1) is 11.8 Å². The highest BCUT2D eigenvalue weighted by molar-refractivity contribution is 8.00. The van der Waals surface area contributed by atoms with Crippen LogP contribution in [0.2, 0.25) is 0 Å². The number of para-hydroxylation sites is 2. The predicted molar refractivity (Wildman–Crippen MR) is 134 cm³/mol. The SMILES string of the molecule is CCCOc1ccccc1[C@H]1SCC(=O)Nc2c1c(-c1ccccc1)nn2-c1ccccc1. The first-order chi connectivity index (χ1) is 16.3. The molecule has 1 aliphatic heterocycles. The number of hydrogen-bond donors (Lipinski definition) is 1. The summed E-state index contributed by atoms with van der Waals surface area (Å²) in [5.74, 6) is 1.88. The van der Waals surface area contributed by atoms with Crippen LogP contribution in [0.4, 0.5) is 5.82 Å². The van der Waals surface area contributed by atoms with Crippen LogP contribution >= 0.6 is 11.8 Å². The van der Waals surface area contributed by atoms with Gasteiger partial charge in [0, 0.05) is 16.7 Å². The zero-order chi connectivity index (χ0) is 22.6. The highest BCUT2D eigenvalue weighted by atomic mass is 32.2. The molecule has 0 aliphatic carbocycles. The Kier molecular flexibility index (Phi) is 6.17. The van der Waals surface area contributed by atoms with E-state index in [-0.39, 0.29) is 11.2 Å². The molecule has 0 radical (unpaired) electrons. The van der Waals surface area contributed by atoms with Gasteiger partial charge in [-0.2, -0.15) is 5.10 Å². The Bertz CT molecular complexity index is 1260. The van der Waals surface area contributed by atoms with Crippen molar-refractivity contribution in [1.29, 1.82) is 0 Å². The van der Waals surface area contributed by atoms with Crippen LogP contribution in [0, 0.1) is 0 Å². The van der Waals surface area contributed by atoms with Crippen molar-refractivity contribution in [2.75, 3.05) is 17.7 Å². The van der Waals surface area contributed by atoms with Gasteiger partial charge in [0.25, 0.3) is 0 Å². The molecule has 3 aromatic carbocycles. The van der Waals surface area contributed by atoms with E-state index in [1.165, 1.54) is 0 Å². The molecular formula is C27H25N3O2S. The molecule has 6 heteroatoms. The fourth-order valence-corrected chi connectivity index (χ4v) is 5.21. The van der Waals surface area contributed by atoms with Gasteiger partial charge in [-0.05, 0) is 24.6 Å². The van der Waals surface area contributed by atoms with E-state index in [1.807, 2.05) is 71.4 Å². The Morgan fingerprint density at radius 2 is 1.70 bits per heavy atom. The number of aromatic nitrogens is 2. The number of anilines is 1. The van der Waals surface area contributed by atoms with Gasteiger partial charge in [0.05, 0.1) is 29.0 Å². The number of carbonyl (C=O) groups excluding carboxylic acids is 1. The largest absolute Gasteiger partial charge is 0.493 e. The number of fused-ring (bicyclic) bond motifs is 1. The number of ether oxygens (including phenoxy) is 1.